The Labute approximate surface area is 127 Å². The predicted molar refractivity (Wildman–Crippen MR) is 83.5 cm³/mol. The van der Waals surface area contributed by atoms with E-state index in [1.54, 1.807) is 12.1 Å². The second-order valence-electron chi connectivity index (χ2n) is 4.96. The number of hydrogen-bond acceptors (Lipinski definition) is 3. The molecule has 20 heavy (non-hydrogen) atoms. The highest BCUT2D eigenvalue weighted by molar-refractivity contribution is 7.89. The largest absolute Gasteiger partial charge is 0.316 e. The van der Waals surface area contributed by atoms with Gasteiger partial charge in [0, 0.05) is 12.6 Å². The molecule has 0 amide bonds. The topological polar surface area (TPSA) is 58.2 Å². The van der Waals surface area contributed by atoms with Crippen LogP contribution in [0.15, 0.2) is 23.1 Å². The summed E-state index contributed by atoms with van der Waals surface area (Å²) >= 11 is 6.03. The molecule has 4 nitrogen and oxygen atoms in total. The summed E-state index contributed by atoms with van der Waals surface area (Å²) in [5.41, 5.74) is 0.887. The van der Waals surface area contributed by atoms with E-state index < -0.39 is 10.0 Å². The summed E-state index contributed by atoms with van der Waals surface area (Å²) in [6.07, 6.45) is 2.87. The minimum Gasteiger partial charge on any atom is -0.316 e. The molecule has 114 valence electrons. The van der Waals surface area contributed by atoms with Gasteiger partial charge in [-0.1, -0.05) is 37.4 Å². The molecule has 0 aliphatic heterocycles. The first kappa shape index (κ1) is 17.4. The molecule has 0 radical (unpaired) electrons. The van der Waals surface area contributed by atoms with Gasteiger partial charge in [-0.2, -0.15) is 0 Å². The zero-order chi connectivity index (χ0) is 15.2. The molecule has 0 aliphatic carbocycles. The van der Waals surface area contributed by atoms with Crippen LogP contribution in [0.5, 0.6) is 0 Å². The molecule has 2 N–H and O–H groups in total. The van der Waals surface area contributed by atoms with Gasteiger partial charge in [0.2, 0.25) is 10.0 Å². The fourth-order valence-corrected chi connectivity index (χ4v) is 3.79. The summed E-state index contributed by atoms with van der Waals surface area (Å²) in [6.45, 7) is 4.56. The second kappa shape index (κ2) is 7.98. The number of sulfonamides is 1. The van der Waals surface area contributed by atoms with Crippen LogP contribution in [-0.4, -0.2) is 21.5 Å². The first-order chi connectivity index (χ1) is 9.40. The van der Waals surface area contributed by atoms with Crippen molar-refractivity contribution in [3.8, 4) is 0 Å². The van der Waals surface area contributed by atoms with Crippen LogP contribution in [0.2, 0.25) is 5.02 Å². The Hall–Kier alpha value is -0.620. The summed E-state index contributed by atoms with van der Waals surface area (Å²) < 4.78 is 27.4. The Morgan fingerprint density at radius 2 is 2.05 bits per heavy atom. The molecule has 1 aromatic rings. The van der Waals surface area contributed by atoms with E-state index in [2.05, 4.69) is 17.0 Å². The molecule has 0 fully saturated rings. The van der Waals surface area contributed by atoms with Crippen LogP contribution in [0.4, 0.5) is 0 Å². The smallest absolute Gasteiger partial charge is 0.242 e. The molecule has 6 heteroatoms. The lowest BCUT2D eigenvalue weighted by Crippen LogP contribution is -2.32. The Morgan fingerprint density at radius 1 is 1.35 bits per heavy atom. The highest BCUT2D eigenvalue weighted by atomic mass is 35.5. The molecular weight excluding hydrogens is 296 g/mol. The lowest BCUT2D eigenvalue weighted by atomic mass is 10.2. The second-order valence-corrected chi connectivity index (χ2v) is 7.05. The van der Waals surface area contributed by atoms with Crippen molar-refractivity contribution in [2.24, 2.45) is 0 Å². The summed E-state index contributed by atoms with van der Waals surface area (Å²) in [6, 6.07) is 4.97. The molecule has 0 saturated heterocycles. The maximum atomic E-state index is 12.4. The Kier molecular flexibility index (Phi) is 6.95. The van der Waals surface area contributed by atoms with E-state index in [0.29, 0.717) is 6.54 Å². The summed E-state index contributed by atoms with van der Waals surface area (Å²) in [5.74, 6) is 0. The van der Waals surface area contributed by atoms with Crippen molar-refractivity contribution in [1.82, 2.24) is 10.0 Å². The third-order valence-corrected chi connectivity index (χ3v) is 5.08. The van der Waals surface area contributed by atoms with Crippen LogP contribution in [0.3, 0.4) is 0 Å². The van der Waals surface area contributed by atoms with Crippen molar-refractivity contribution >= 4 is 21.6 Å². The Balaban J connectivity index is 2.93. The van der Waals surface area contributed by atoms with E-state index >= 15 is 0 Å². The van der Waals surface area contributed by atoms with Crippen LogP contribution >= 0.6 is 11.6 Å². The van der Waals surface area contributed by atoms with E-state index in [0.717, 1.165) is 24.8 Å². The molecule has 0 spiro atoms. The van der Waals surface area contributed by atoms with E-state index in [9.17, 15) is 8.42 Å². The van der Waals surface area contributed by atoms with Crippen LogP contribution < -0.4 is 10.0 Å². The molecule has 0 saturated carbocycles. The summed E-state index contributed by atoms with van der Waals surface area (Å²) in [4.78, 5) is 0.148. The van der Waals surface area contributed by atoms with Gasteiger partial charge in [-0.3, -0.25) is 0 Å². The number of nitrogens with one attached hydrogen (secondary N) is 2. The number of benzene rings is 1. The highest BCUT2D eigenvalue weighted by Gasteiger charge is 2.20. The van der Waals surface area contributed by atoms with Gasteiger partial charge in [-0.15, -0.1) is 0 Å². The summed E-state index contributed by atoms with van der Waals surface area (Å²) in [7, 11) is -1.76. The first-order valence-electron chi connectivity index (χ1n) is 6.86. The van der Waals surface area contributed by atoms with Gasteiger partial charge in [0.1, 0.15) is 4.90 Å². The molecule has 0 aliphatic rings. The zero-order valence-corrected chi connectivity index (χ0v) is 13.8. The fourth-order valence-electron chi connectivity index (χ4n) is 1.97. The van der Waals surface area contributed by atoms with Crippen LogP contribution in [0.1, 0.15) is 38.7 Å². The maximum Gasteiger partial charge on any atom is 0.242 e. The lowest BCUT2D eigenvalue weighted by molar-refractivity contribution is 0.534. The molecule has 0 bridgehead atoms. The lowest BCUT2D eigenvalue weighted by Gasteiger charge is -2.15. The molecule has 1 aromatic carbocycles. The average Bonchev–Trinajstić information content (AvgIpc) is 2.38. The molecular formula is C14H23ClN2O2S. The molecule has 0 aromatic heterocycles. The van der Waals surface area contributed by atoms with E-state index in [-0.39, 0.29) is 16.0 Å². The zero-order valence-electron chi connectivity index (χ0n) is 12.2. The van der Waals surface area contributed by atoms with Gasteiger partial charge in [-0.05, 0) is 38.1 Å². The molecule has 1 rings (SSSR count). The van der Waals surface area contributed by atoms with Gasteiger partial charge in [0.25, 0.3) is 0 Å². The predicted octanol–water partition coefficient (Wildman–Crippen LogP) is 2.92. The Morgan fingerprint density at radius 3 is 2.65 bits per heavy atom. The van der Waals surface area contributed by atoms with Crippen molar-refractivity contribution in [2.45, 2.75) is 50.6 Å². The highest BCUT2D eigenvalue weighted by Crippen LogP contribution is 2.23. The van der Waals surface area contributed by atoms with E-state index in [1.165, 1.54) is 0 Å². The average molecular weight is 319 g/mol. The van der Waals surface area contributed by atoms with Crippen molar-refractivity contribution in [3.63, 3.8) is 0 Å². The quantitative estimate of drug-likeness (QED) is 0.775. The van der Waals surface area contributed by atoms with Crippen molar-refractivity contribution in [3.05, 3.63) is 28.8 Å². The monoisotopic (exact) mass is 318 g/mol. The third-order valence-electron chi connectivity index (χ3n) is 3.01. The standard InChI is InChI=1S/C14H23ClN2O2S/c1-4-5-6-11(2)17-20(18,19)14-9-12(10-16-3)7-8-13(14)15/h7-9,11,16-17H,4-6,10H2,1-3H3. The third kappa shape index (κ3) is 5.05. The van der Waals surface area contributed by atoms with Gasteiger partial charge >= 0.3 is 0 Å². The number of unbranched alkanes of at least 4 members (excludes halogenated alkanes) is 1. The van der Waals surface area contributed by atoms with Crippen LogP contribution in [0.25, 0.3) is 0 Å². The number of halogens is 1. The van der Waals surface area contributed by atoms with Gasteiger partial charge < -0.3 is 5.32 Å². The minimum absolute atomic E-state index is 0.0935. The molecule has 0 heterocycles. The minimum atomic E-state index is -3.57. The van der Waals surface area contributed by atoms with Gasteiger partial charge in [0.05, 0.1) is 5.02 Å². The molecule has 1 atom stereocenters. The normalized spacial score (nSPS) is 13.4. The maximum absolute atomic E-state index is 12.4. The number of rotatable bonds is 8. The number of hydrogen-bond donors (Lipinski definition) is 2. The fraction of sp³-hybridized carbons (Fsp3) is 0.571. The van der Waals surface area contributed by atoms with Crippen molar-refractivity contribution in [1.29, 1.82) is 0 Å². The SMILES string of the molecule is CCCCC(C)NS(=O)(=O)c1cc(CNC)ccc1Cl. The summed E-state index contributed by atoms with van der Waals surface area (Å²) in [5, 5.41) is 3.24. The van der Waals surface area contributed by atoms with Crippen molar-refractivity contribution < 1.29 is 8.42 Å². The first-order valence-corrected chi connectivity index (χ1v) is 8.72. The van der Waals surface area contributed by atoms with Crippen LogP contribution in [0, 0.1) is 0 Å². The van der Waals surface area contributed by atoms with E-state index in [1.807, 2.05) is 20.0 Å². The molecule has 1 unspecified atom stereocenters. The van der Waals surface area contributed by atoms with Gasteiger partial charge in [-0.25, -0.2) is 13.1 Å². The Bertz CT molecular complexity index is 532. The van der Waals surface area contributed by atoms with Crippen molar-refractivity contribution in [2.75, 3.05) is 7.05 Å². The van der Waals surface area contributed by atoms with Gasteiger partial charge in [0.15, 0.2) is 0 Å². The van der Waals surface area contributed by atoms with E-state index in [4.69, 9.17) is 11.6 Å². The van der Waals surface area contributed by atoms with Crippen LogP contribution in [-0.2, 0) is 16.6 Å².